The molecule has 5 N–H and O–H groups in total. The first-order valence-corrected chi connectivity index (χ1v) is 16.1. The third kappa shape index (κ3) is 7.02. The van der Waals surface area contributed by atoms with Gasteiger partial charge < -0.3 is 44.7 Å². The molecule has 2 aliphatic carbocycles. The molecular weight excluding hydrogens is 687 g/mol. The second-order valence-corrected chi connectivity index (χ2v) is 12.7. The summed E-state index contributed by atoms with van der Waals surface area (Å²) in [5.41, 5.74) is -4.85. The van der Waals surface area contributed by atoms with E-state index in [1.165, 1.54) is 32.2 Å². The molecular formula is C34H36F3NO13. The van der Waals surface area contributed by atoms with Gasteiger partial charge in [0.2, 0.25) is 11.6 Å². The van der Waals surface area contributed by atoms with E-state index < -0.39 is 120 Å². The predicted octanol–water partition coefficient (Wildman–Crippen LogP) is 2.46. The van der Waals surface area contributed by atoms with Gasteiger partial charge in [0.1, 0.15) is 29.0 Å². The lowest BCUT2D eigenvalue weighted by molar-refractivity contribution is -0.250. The van der Waals surface area contributed by atoms with Crippen LogP contribution in [0.2, 0.25) is 0 Å². The number of methoxy groups -OCH3 is 1. The Morgan fingerprint density at radius 3 is 2.41 bits per heavy atom. The number of rotatable bonds is 10. The second-order valence-electron chi connectivity index (χ2n) is 12.7. The number of ether oxygens (including phenoxy) is 4. The zero-order chi connectivity index (χ0) is 37.6. The fourth-order valence-electron chi connectivity index (χ4n) is 6.64. The largest absolute Gasteiger partial charge is 0.507 e. The summed E-state index contributed by atoms with van der Waals surface area (Å²) in [6.07, 6.45) is -12.3. The number of hydrogen-bond acceptors (Lipinski definition) is 13. The summed E-state index contributed by atoms with van der Waals surface area (Å²) in [4.78, 5) is 64.9. The Morgan fingerprint density at radius 2 is 1.76 bits per heavy atom. The third-order valence-corrected chi connectivity index (χ3v) is 9.29. The van der Waals surface area contributed by atoms with Crippen molar-refractivity contribution in [2.24, 2.45) is 0 Å². The van der Waals surface area contributed by atoms with Crippen LogP contribution >= 0.6 is 0 Å². The topological polar surface area (TPSA) is 215 Å². The summed E-state index contributed by atoms with van der Waals surface area (Å²) in [7, 11) is 1.25. The number of phenols is 2. The molecule has 0 spiro atoms. The fourth-order valence-corrected chi connectivity index (χ4v) is 6.64. The summed E-state index contributed by atoms with van der Waals surface area (Å²) >= 11 is 0. The molecule has 0 bridgehead atoms. The number of aliphatic hydroxyl groups is 2. The zero-order valence-corrected chi connectivity index (χ0v) is 27.7. The van der Waals surface area contributed by atoms with Crippen LogP contribution in [0.1, 0.15) is 95.0 Å². The average Bonchev–Trinajstić information content (AvgIpc) is 3.07. The molecule has 1 unspecified atom stereocenters. The van der Waals surface area contributed by atoms with Gasteiger partial charge in [-0.2, -0.15) is 13.2 Å². The van der Waals surface area contributed by atoms with Gasteiger partial charge in [0, 0.05) is 42.4 Å². The molecule has 2 aromatic rings. The highest BCUT2D eigenvalue weighted by Gasteiger charge is 2.51. The molecule has 2 aromatic carbocycles. The Kier molecular flexibility index (Phi) is 10.5. The highest BCUT2D eigenvalue weighted by atomic mass is 19.4. The van der Waals surface area contributed by atoms with Crippen molar-refractivity contribution in [3.63, 3.8) is 0 Å². The lowest BCUT2D eigenvalue weighted by Crippen LogP contribution is -2.57. The average molecular weight is 724 g/mol. The van der Waals surface area contributed by atoms with E-state index >= 15 is 0 Å². The van der Waals surface area contributed by atoms with E-state index in [1.807, 2.05) is 6.92 Å². The van der Waals surface area contributed by atoms with Crippen molar-refractivity contribution in [2.45, 2.75) is 94.8 Å². The molecule has 6 atom stereocenters. The van der Waals surface area contributed by atoms with Crippen LogP contribution in [-0.4, -0.2) is 99.7 Å². The number of ketones is 3. The number of Topliss-reactive ketones (excluding diaryl/α,β-unsaturated/α-hetero) is 1. The first kappa shape index (κ1) is 37.7. The Morgan fingerprint density at radius 1 is 1.08 bits per heavy atom. The number of unbranched alkanes of at least 4 members (excludes halogenated alkanes) is 1. The normalized spacial score (nSPS) is 25.7. The summed E-state index contributed by atoms with van der Waals surface area (Å²) in [5, 5.41) is 47.2. The summed E-state index contributed by atoms with van der Waals surface area (Å²) < 4.78 is 61.1. The molecule has 1 amide bonds. The number of benzene rings is 2. The minimum absolute atomic E-state index is 0.00489. The number of alkyl halides is 3. The van der Waals surface area contributed by atoms with Crippen molar-refractivity contribution in [3.8, 4) is 17.2 Å². The molecule has 1 saturated heterocycles. The molecule has 1 aliphatic heterocycles. The lowest BCUT2D eigenvalue weighted by atomic mass is 9.72. The molecule has 1 heterocycles. The van der Waals surface area contributed by atoms with Crippen LogP contribution in [0.4, 0.5) is 13.2 Å². The molecule has 3 aliphatic rings. The van der Waals surface area contributed by atoms with Gasteiger partial charge in [0.15, 0.2) is 18.7 Å². The Hall–Kier alpha value is -4.58. The van der Waals surface area contributed by atoms with Gasteiger partial charge in [-0.1, -0.05) is 25.5 Å². The Balaban J connectivity index is 1.58. The van der Waals surface area contributed by atoms with Crippen molar-refractivity contribution in [2.75, 3.05) is 13.7 Å². The number of hydrogen-bond donors (Lipinski definition) is 5. The van der Waals surface area contributed by atoms with Gasteiger partial charge in [-0.3, -0.25) is 24.0 Å². The molecule has 51 heavy (non-hydrogen) atoms. The van der Waals surface area contributed by atoms with Gasteiger partial charge in [-0.25, -0.2) is 0 Å². The number of esters is 1. The van der Waals surface area contributed by atoms with E-state index in [0.29, 0.717) is 12.8 Å². The van der Waals surface area contributed by atoms with Crippen LogP contribution in [0.3, 0.4) is 0 Å². The van der Waals surface area contributed by atoms with Gasteiger partial charge in [-0.15, -0.1) is 0 Å². The smallest absolute Gasteiger partial charge is 0.471 e. The van der Waals surface area contributed by atoms with Gasteiger partial charge in [-0.05, 0) is 19.4 Å². The molecule has 0 aromatic heterocycles. The number of nitrogens with one attached hydrogen (secondary N) is 1. The van der Waals surface area contributed by atoms with Crippen molar-refractivity contribution in [1.29, 1.82) is 0 Å². The second kappa shape index (κ2) is 14.2. The fraction of sp³-hybridized carbons (Fsp3) is 0.500. The van der Waals surface area contributed by atoms with E-state index in [1.54, 1.807) is 5.32 Å². The summed E-state index contributed by atoms with van der Waals surface area (Å²) in [6.45, 7) is 2.21. The zero-order valence-electron chi connectivity index (χ0n) is 27.7. The van der Waals surface area contributed by atoms with E-state index in [-0.39, 0.29) is 34.4 Å². The van der Waals surface area contributed by atoms with E-state index in [0.717, 1.165) is 0 Å². The van der Waals surface area contributed by atoms with E-state index in [4.69, 9.17) is 18.9 Å². The minimum Gasteiger partial charge on any atom is -0.507 e. The summed E-state index contributed by atoms with van der Waals surface area (Å²) in [6, 6.07) is 2.58. The number of fused-ring (bicyclic) bond motifs is 3. The highest BCUT2D eigenvalue weighted by molar-refractivity contribution is 6.31. The SMILES string of the molecule is CCCCC(=O)OCC(=O)[C@]1(O)Cc2c(O)c3c(c(O)c2C(O[C@H]2C[C@H](NC(=O)C(F)(F)F)[C@H](O)[C@H](C)O2)C1)C(=O)c1c(OC)cccc1C3=O. The first-order chi connectivity index (χ1) is 23.9. The van der Waals surface area contributed by atoms with Crippen molar-refractivity contribution >= 4 is 29.2 Å². The van der Waals surface area contributed by atoms with Crippen LogP contribution in [0.5, 0.6) is 17.2 Å². The minimum atomic E-state index is -5.29. The number of aromatic hydroxyl groups is 2. The van der Waals surface area contributed by atoms with Crippen molar-refractivity contribution < 1.29 is 76.5 Å². The molecule has 14 nitrogen and oxygen atoms in total. The Bertz CT molecular complexity index is 1780. The van der Waals surface area contributed by atoms with E-state index in [2.05, 4.69) is 0 Å². The van der Waals surface area contributed by atoms with Gasteiger partial charge >= 0.3 is 18.1 Å². The molecule has 17 heteroatoms. The molecule has 5 rings (SSSR count). The maximum absolute atomic E-state index is 13.9. The van der Waals surface area contributed by atoms with E-state index in [9.17, 15) is 57.6 Å². The molecule has 276 valence electrons. The summed E-state index contributed by atoms with van der Waals surface area (Å²) in [5.74, 6) is -7.66. The van der Waals surface area contributed by atoms with Crippen LogP contribution < -0.4 is 10.1 Å². The van der Waals surface area contributed by atoms with Crippen LogP contribution in [0.15, 0.2) is 18.2 Å². The number of aliphatic hydroxyl groups excluding tert-OH is 1. The lowest BCUT2D eigenvalue weighted by Gasteiger charge is -2.43. The standard InChI is InChI=1S/C34H36F3NO13/c1-4-5-9-21(40)49-13-20(39)33(47)11-16-24(19(12-33)51-22-10-17(27(41)14(2)50-22)38-32(46)34(35,36)37)31(45)26-25(29(16)43)28(42)15-7-6-8-18(48-3)23(15)30(26)44/h6-8,14,17,19,22,27,41,43,45,47H,4-5,9-13H2,1-3H3,(H,38,46)/t14-,17-,19?,22-,27+,33-/m0/s1. The number of halogens is 3. The number of carbonyl (C=O) groups is 5. The first-order valence-electron chi connectivity index (χ1n) is 16.1. The molecule has 0 radical (unpaired) electrons. The molecule has 0 saturated carbocycles. The number of amides is 1. The Labute approximate surface area is 288 Å². The third-order valence-electron chi connectivity index (χ3n) is 9.29. The van der Waals surface area contributed by atoms with Crippen LogP contribution in [0.25, 0.3) is 0 Å². The van der Waals surface area contributed by atoms with Crippen molar-refractivity contribution in [3.05, 3.63) is 51.6 Å². The predicted molar refractivity (Wildman–Crippen MR) is 165 cm³/mol. The molecule has 1 fully saturated rings. The van der Waals surface area contributed by atoms with Crippen molar-refractivity contribution in [1.82, 2.24) is 5.32 Å². The quantitative estimate of drug-likeness (QED) is 0.150. The monoisotopic (exact) mass is 723 g/mol. The van der Waals surface area contributed by atoms with Gasteiger partial charge in [0.25, 0.3) is 0 Å². The maximum atomic E-state index is 13.9. The highest BCUT2D eigenvalue weighted by Crippen LogP contribution is 2.52. The van der Waals surface area contributed by atoms with Crippen LogP contribution in [0, 0.1) is 0 Å². The maximum Gasteiger partial charge on any atom is 0.471 e. The van der Waals surface area contributed by atoms with Gasteiger partial charge in [0.05, 0.1) is 42.0 Å². The van der Waals surface area contributed by atoms with Crippen LogP contribution in [-0.2, 0) is 35.0 Å². The number of carbonyl (C=O) groups excluding carboxylic acids is 5. The number of phenolic OH excluding ortho intramolecular Hbond substituents is 2.